The molecule has 1 aromatic heterocycles. The quantitative estimate of drug-likeness (QED) is 0.275. The van der Waals surface area contributed by atoms with Crippen molar-refractivity contribution in [2.75, 3.05) is 4.90 Å². The molecule has 1 fully saturated rings. The van der Waals surface area contributed by atoms with Crippen LogP contribution in [0.25, 0.3) is 5.76 Å². The van der Waals surface area contributed by atoms with E-state index in [4.69, 9.17) is 11.6 Å². The van der Waals surface area contributed by atoms with E-state index < -0.39 is 17.7 Å². The van der Waals surface area contributed by atoms with Crippen molar-refractivity contribution in [3.8, 4) is 0 Å². The van der Waals surface area contributed by atoms with Crippen molar-refractivity contribution in [1.82, 2.24) is 4.98 Å². The monoisotopic (exact) mass is 474 g/mol. The van der Waals surface area contributed by atoms with E-state index in [9.17, 15) is 14.7 Å². The van der Waals surface area contributed by atoms with Crippen molar-refractivity contribution in [3.63, 3.8) is 0 Å². The molecule has 4 rings (SSSR count). The highest BCUT2D eigenvalue weighted by Crippen LogP contribution is 2.44. The molecule has 0 bridgehead atoms. The number of pyridine rings is 1. The molecule has 34 heavy (non-hydrogen) atoms. The molecule has 3 aromatic rings. The van der Waals surface area contributed by atoms with Gasteiger partial charge in [-0.1, -0.05) is 56.6 Å². The van der Waals surface area contributed by atoms with Crippen molar-refractivity contribution in [2.24, 2.45) is 0 Å². The van der Waals surface area contributed by atoms with E-state index >= 15 is 0 Å². The molecule has 2 aromatic carbocycles. The van der Waals surface area contributed by atoms with E-state index in [-0.39, 0.29) is 16.7 Å². The number of amides is 1. The lowest BCUT2D eigenvalue weighted by molar-refractivity contribution is -0.132. The summed E-state index contributed by atoms with van der Waals surface area (Å²) in [6, 6.07) is 13.7. The van der Waals surface area contributed by atoms with Gasteiger partial charge < -0.3 is 5.11 Å². The van der Waals surface area contributed by atoms with Gasteiger partial charge in [-0.25, -0.2) is 0 Å². The second-order valence-corrected chi connectivity index (χ2v) is 10.1. The number of aryl methyl sites for hydroxylation is 2. The van der Waals surface area contributed by atoms with E-state index in [1.807, 2.05) is 32.0 Å². The molecule has 1 atom stereocenters. The fourth-order valence-electron chi connectivity index (χ4n) is 4.26. The Balaban J connectivity index is 2.00. The summed E-state index contributed by atoms with van der Waals surface area (Å²) in [7, 11) is 0. The summed E-state index contributed by atoms with van der Waals surface area (Å²) in [6.45, 7) is 9.97. The Bertz CT molecular complexity index is 1320. The number of carbonyl (C=O) groups is 2. The summed E-state index contributed by atoms with van der Waals surface area (Å²) in [5.74, 6) is -1.66. The van der Waals surface area contributed by atoms with Crippen molar-refractivity contribution < 1.29 is 14.7 Å². The van der Waals surface area contributed by atoms with Crippen LogP contribution in [-0.2, 0) is 15.0 Å². The fraction of sp³-hybridized carbons (Fsp3) is 0.250. The average molecular weight is 475 g/mol. The Kier molecular flexibility index (Phi) is 6.09. The molecule has 6 heteroatoms. The Morgan fingerprint density at radius 1 is 1.03 bits per heavy atom. The van der Waals surface area contributed by atoms with Gasteiger partial charge in [-0.05, 0) is 65.8 Å². The maximum absolute atomic E-state index is 13.4. The molecule has 1 saturated heterocycles. The van der Waals surface area contributed by atoms with Gasteiger partial charge in [0, 0.05) is 28.7 Å². The van der Waals surface area contributed by atoms with E-state index in [1.165, 1.54) is 4.90 Å². The van der Waals surface area contributed by atoms with Gasteiger partial charge in [0.15, 0.2) is 0 Å². The molecule has 174 valence electrons. The van der Waals surface area contributed by atoms with Gasteiger partial charge in [-0.3, -0.25) is 19.5 Å². The van der Waals surface area contributed by atoms with Gasteiger partial charge in [0.05, 0.1) is 11.6 Å². The first-order valence-electron chi connectivity index (χ1n) is 11.1. The van der Waals surface area contributed by atoms with Gasteiger partial charge in [0.25, 0.3) is 11.7 Å². The smallest absolute Gasteiger partial charge is 0.300 e. The van der Waals surface area contributed by atoms with Crippen LogP contribution in [0.1, 0.15) is 54.6 Å². The standard InChI is InChI=1S/C28H27ClN2O3/c1-16-8-10-19(28(3,4)5)13-21(16)25(32)23-24(18-7-6-12-30-15-18)31(27(34)26(23)33)22-14-20(29)11-9-17(22)2/h6-15,24,32H,1-5H3/b25-23+. The number of benzene rings is 2. The molecule has 1 N–H and O–H groups in total. The normalized spacial score (nSPS) is 17.9. The van der Waals surface area contributed by atoms with Crippen molar-refractivity contribution in [3.05, 3.63) is 99.3 Å². The molecule has 0 aliphatic carbocycles. The number of rotatable bonds is 3. The Hall–Kier alpha value is -3.44. The minimum atomic E-state index is -0.844. The second-order valence-electron chi connectivity index (χ2n) is 9.67. The lowest BCUT2D eigenvalue weighted by Gasteiger charge is -2.27. The van der Waals surface area contributed by atoms with Crippen molar-refractivity contribution in [1.29, 1.82) is 0 Å². The van der Waals surface area contributed by atoms with E-state index in [1.54, 1.807) is 42.7 Å². The predicted octanol–water partition coefficient (Wildman–Crippen LogP) is 6.28. The molecular weight excluding hydrogens is 448 g/mol. The van der Waals surface area contributed by atoms with Gasteiger partial charge in [0.1, 0.15) is 5.76 Å². The van der Waals surface area contributed by atoms with Crippen molar-refractivity contribution in [2.45, 2.75) is 46.1 Å². The number of anilines is 1. The van der Waals surface area contributed by atoms with Crippen LogP contribution < -0.4 is 4.90 Å². The van der Waals surface area contributed by atoms with Crippen LogP contribution in [0.15, 0.2) is 66.5 Å². The maximum atomic E-state index is 13.4. The average Bonchev–Trinajstić information content (AvgIpc) is 3.05. The molecule has 1 amide bonds. The molecule has 0 saturated carbocycles. The van der Waals surface area contributed by atoms with Gasteiger partial charge in [0.2, 0.25) is 0 Å². The number of ketones is 1. The molecule has 1 unspecified atom stereocenters. The number of Topliss-reactive ketones (excluding diaryl/α,β-unsaturated/α-hetero) is 1. The van der Waals surface area contributed by atoms with Crippen LogP contribution in [-0.4, -0.2) is 21.8 Å². The third-order valence-electron chi connectivity index (χ3n) is 6.23. The summed E-state index contributed by atoms with van der Waals surface area (Å²) < 4.78 is 0. The summed E-state index contributed by atoms with van der Waals surface area (Å²) >= 11 is 6.25. The molecule has 1 aliphatic rings. The van der Waals surface area contributed by atoms with Crippen LogP contribution in [0.3, 0.4) is 0 Å². The topological polar surface area (TPSA) is 70.5 Å². The van der Waals surface area contributed by atoms with E-state index in [0.717, 1.165) is 16.7 Å². The highest BCUT2D eigenvalue weighted by atomic mass is 35.5. The SMILES string of the molecule is Cc1ccc(C(C)(C)C)cc1/C(O)=C1\C(=O)C(=O)N(c2cc(Cl)ccc2C)C1c1cccnc1. The first-order chi connectivity index (χ1) is 16.0. The predicted molar refractivity (Wildman–Crippen MR) is 135 cm³/mol. The number of halogens is 1. The minimum Gasteiger partial charge on any atom is -0.507 e. The van der Waals surface area contributed by atoms with Crippen LogP contribution >= 0.6 is 11.6 Å². The number of aliphatic hydroxyl groups excluding tert-OH is 1. The number of nitrogens with zero attached hydrogens (tertiary/aromatic N) is 2. The summed E-state index contributed by atoms with van der Waals surface area (Å²) in [4.78, 5) is 32.4. The minimum absolute atomic E-state index is 0.0338. The summed E-state index contributed by atoms with van der Waals surface area (Å²) in [6.07, 6.45) is 3.23. The maximum Gasteiger partial charge on any atom is 0.300 e. The zero-order chi connectivity index (χ0) is 24.8. The van der Waals surface area contributed by atoms with Gasteiger partial charge in [-0.2, -0.15) is 0 Å². The molecule has 5 nitrogen and oxygen atoms in total. The van der Waals surface area contributed by atoms with Crippen LogP contribution in [0.5, 0.6) is 0 Å². The molecule has 2 heterocycles. The fourth-order valence-corrected chi connectivity index (χ4v) is 4.43. The third-order valence-corrected chi connectivity index (χ3v) is 6.47. The van der Waals surface area contributed by atoms with Gasteiger partial charge >= 0.3 is 0 Å². The Morgan fingerprint density at radius 2 is 1.74 bits per heavy atom. The number of aliphatic hydroxyl groups is 1. The summed E-state index contributed by atoms with van der Waals surface area (Å²) in [5, 5.41) is 12.0. The molecular formula is C28H27ClN2O3. The van der Waals surface area contributed by atoms with Crippen molar-refractivity contribution >= 4 is 34.7 Å². The first kappa shape index (κ1) is 23.7. The van der Waals surface area contributed by atoms with Crippen LogP contribution in [0.4, 0.5) is 5.69 Å². The van der Waals surface area contributed by atoms with Crippen LogP contribution in [0, 0.1) is 13.8 Å². The van der Waals surface area contributed by atoms with Gasteiger partial charge in [-0.15, -0.1) is 0 Å². The lowest BCUT2D eigenvalue weighted by Crippen LogP contribution is -2.30. The lowest BCUT2D eigenvalue weighted by atomic mass is 9.84. The Labute approximate surface area is 204 Å². The number of hydrogen-bond acceptors (Lipinski definition) is 4. The number of carbonyl (C=O) groups excluding carboxylic acids is 2. The molecule has 1 aliphatic heterocycles. The second kappa shape index (κ2) is 8.73. The first-order valence-corrected chi connectivity index (χ1v) is 11.5. The summed E-state index contributed by atoms with van der Waals surface area (Å²) in [5.41, 5.74) is 4.14. The van der Waals surface area contributed by atoms with E-state index in [2.05, 4.69) is 25.8 Å². The number of aromatic nitrogens is 1. The largest absolute Gasteiger partial charge is 0.507 e. The zero-order valence-electron chi connectivity index (χ0n) is 19.9. The Morgan fingerprint density at radius 3 is 2.38 bits per heavy atom. The molecule has 0 spiro atoms. The van der Waals surface area contributed by atoms with E-state index in [0.29, 0.717) is 21.8 Å². The number of hydrogen-bond donors (Lipinski definition) is 1. The zero-order valence-corrected chi connectivity index (χ0v) is 20.6. The highest BCUT2D eigenvalue weighted by molar-refractivity contribution is 6.52. The molecule has 0 radical (unpaired) electrons. The van der Waals surface area contributed by atoms with Crippen LogP contribution in [0.2, 0.25) is 5.02 Å². The highest BCUT2D eigenvalue weighted by Gasteiger charge is 2.47. The third kappa shape index (κ3) is 4.12.